The second-order valence-electron chi connectivity index (χ2n) is 5.94. The van der Waals surface area contributed by atoms with E-state index in [-0.39, 0.29) is 11.4 Å². The Balaban J connectivity index is 2.09. The molecule has 0 bridgehead atoms. The molecule has 0 fully saturated rings. The van der Waals surface area contributed by atoms with Crippen LogP contribution in [0.1, 0.15) is 36.7 Å². The molecule has 0 aliphatic heterocycles. The Kier molecular flexibility index (Phi) is 4.21. The number of anilines is 2. The van der Waals surface area contributed by atoms with Crippen molar-refractivity contribution in [2.24, 2.45) is 0 Å². The van der Waals surface area contributed by atoms with Crippen LogP contribution in [0.3, 0.4) is 0 Å². The van der Waals surface area contributed by atoms with Gasteiger partial charge in [-0.05, 0) is 39.3 Å². The average Bonchev–Trinajstić information content (AvgIpc) is 2.40. The molecule has 21 heavy (non-hydrogen) atoms. The third-order valence-electron chi connectivity index (χ3n) is 2.79. The fraction of sp³-hybridized carbons (Fsp3) is 0.312. The van der Waals surface area contributed by atoms with Gasteiger partial charge >= 0.3 is 0 Å². The van der Waals surface area contributed by atoms with Crippen LogP contribution in [0.4, 0.5) is 11.6 Å². The maximum atomic E-state index is 12.0. The van der Waals surface area contributed by atoms with Crippen molar-refractivity contribution in [2.45, 2.75) is 33.2 Å². The number of para-hydroxylation sites is 1. The van der Waals surface area contributed by atoms with Gasteiger partial charge in [-0.2, -0.15) is 0 Å². The van der Waals surface area contributed by atoms with Crippen LogP contribution in [0, 0.1) is 6.92 Å². The molecule has 0 saturated carbocycles. The highest BCUT2D eigenvalue weighted by Crippen LogP contribution is 2.17. The van der Waals surface area contributed by atoms with Gasteiger partial charge in [-0.25, -0.2) is 9.97 Å². The van der Waals surface area contributed by atoms with Gasteiger partial charge in [-0.15, -0.1) is 0 Å². The van der Waals surface area contributed by atoms with Crippen LogP contribution in [0.15, 0.2) is 36.7 Å². The first-order chi connectivity index (χ1) is 9.85. The highest BCUT2D eigenvalue weighted by Gasteiger charge is 2.15. The topological polar surface area (TPSA) is 66.9 Å². The molecule has 0 radical (unpaired) electrons. The number of nitrogens with zero attached hydrogens (tertiary/aromatic N) is 2. The standard InChI is InChI=1S/C16H20N4O/c1-11-7-5-6-8-13(11)19-15-17-9-12(10-18-15)14(21)20-16(2,3)4/h5-10H,1-4H3,(H,20,21)(H,17,18,19). The van der Waals surface area contributed by atoms with E-state index in [1.807, 2.05) is 52.0 Å². The van der Waals surface area contributed by atoms with Crippen LogP contribution in [0.5, 0.6) is 0 Å². The molecule has 1 aromatic heterocycles. The molecule has 1 amide bonds. The quantitative estimate of drug-likeness (QED) is 0.909. The van der Waals surface area contributed by atoms with Crippen LogP contribution < -0.4 is 10.6 Å². The normalized spacial score (nSPS) is 11.0. The highest BCUT2D eigenvalue weighted by atomic mass is 16.1. The van der Waals surface area contributed by atoms with Gasteiger partial charge in [0.2, 0.25) is 5.95 Å². The fourth-order valence-electron chi connectivity index (χ4n) is 1.76. The summed E-state index contributed by atoms with van der Waals surface area (Å²) in [6.45, 7) is 7.80. The van der Waals surface area contributed by atoms with Crippen molar-refractivity contribution in [3.63, 3.8) is 0 Å². The Hall–Kier alpha value is -2.43. The molecule has 0 aliphatic carbocycles. The number of rotatable bonds is 3. The number of nitrogens with one attached hydrogen (secondary N) is 2. The van der Waals surface area contributed by atoms with E-state index < -0.39 is 0 Å². The van der Waals surface area contributed by atoms with Gasteiger partial charge in [0.25, 0.3) is 5.91 Å². The van der Waals surface area contributed by atoms with Crippen LogP contribution in [0.2, 0.25) is 0 Å². The summed E-state index contributed by atoms with van der Waals surface area (Å²) in [4.78, 5) is 20.3. The zero-order valence-electron chi connectivity index (χ0n) is 12.8. The van der Waals surface area contributed by atoms with Crippen molar-refractivity contribution in [3.8, 4) is 0 Å². The minimum Gasteiger partial charge on any atom is -0.347 e. The van der Waals surface area contributed by atoms with E-state index in [1.54, 1.807) is 0 Å². The summed E-state index contributed by atoms with van der Waals surface area (Å²) in [6, 6.07) is 7.88. The monoisotopic (exact) mass is 284 g/mol. The van der Waals surface area contributed by atoms with Crippen molar-refractivity contribution >= 4 is 17.5 Å². The molecule has 0 unspecified atom stereocenters. The van der Waals surface area contributed by atoms with Crippen LogP contribution in [-0.2, 0) is 0 Å². The number of benzene rings is 1. The summed E-state index contributed by atoms with van der Waals surface area (Å²) in [5.41, 5.74) is 2.22. The third kappa shape index (κ3) is 4.27. The SMILES string of the molecule is Cc1ccccc1Nc1ncc(C(=O)NC(C)(C)C)cn1. The summed E-state index contributed by atoms with van der Waals surface area (Å²) in [7, 11) is 0. The number of aryl methyl sites for hydroxylation is 1. The first-order valence-electron chi connectivity index (χ1n) is 6.82. The maximum absolute atomic E-state index is 12.0. The summed E-state index contributed by atoms with van der Waals surface area (Å²) in [6.07, 6.45) is 3.04. The molecular formula is C16H20N4O. The van der Waals surface area contributed by atoms with Crippen LogP contribution >= 0.6 is 0 Å². The molecule has 0 aliphatic rings. The number of hydrogen-bond acceptors (Lipinski definition) is 4. The van der Waals surface area contributed by atoms with E-state index in [9.17, 15) is 4.79 Å². The lowest BCUT2D eigenvalue weighted by Crippen LogP contribution is -2.40. The Labute approximate surface area is 124 Å². The molecule has 5 nitrogen and oxygen atoms in total. The van der Waals surface area contributed by atoms with Gasteiger partial charge < -0.3 is 10.6 Å². The zero-order valence-corrected chi connectivity index (χ0v) is 12.8. The van der Waals surface area contributed by atoms with Gasteiger partial charge in [0, 0.05) is 23.6 Å². The summed E-state index contributed by atoms with van der Waals surface area (Å²) < 4.78 is 0. The number of hydrogen-bond donors (Lipinski definition) is 2. The number of carbonyl (C=O) groups is 1. The van der Waals surface area contributed by atoms with E-state index >= 15 is 0 Å². The summed E-state index contributed by atoms with van der Waals surface area (Å²) in [5.74, 6) is 0.293. The lowest BCUT2D eigenvalue weighted by molar-refractivity contribution is 0.0919. The Bertz CT molecular complexity index is 629. The van der Waals surface area contributed by atoms with E-state index in [0.717, 1.165) is 11.3 Å². The number of carbonyl (C=O) groups excluding carboxylic acids is 1. The van der Waals surface area contributed by atoms with E-state index in [0.29, 0.717) is 11.5 Å². The first kappa shape index (κ1) is 15.0. The first-order valence-corrected chi connectivity index (χ1v) is 6.82. The van der Waals surface area contributed by atoms with Crippen molar-refractivity contribution in [1.29, 1.82) is 0 Å². The fourth-order valence-corrected chi connectivity index (χ4v) is 1.76. The molecule has 2 aromatic rings. The van der Waals surface area contributed by atoms with Gasteiger partial charge in [0.1, 0.15) is 0 Å². The second kappa shape index (κ2) is 5.91. The van der Waals surface area contributed by atoms with Crippen molar-refractivity contribution in [1.82, 2.24) is 15.3 Å². The lowest BCUT2D eigenvalue weighted by atomic mass is 10.1. The lowest BCUT2D eigenvalue weighted by Gasteiger charge is -2.20. The van der Waals surface area contributed by atoms with Crippen LogP contribution in [-0.4, -0.2) is 21.4 Å². The predicted molar refractivity (Wildman–Crippen MR) is 83.7 cm³/mol. The van der Waals surface area contributed by atoms with Gasteiger partial charge in [0.05, 0.1) is 5.56 Å². The molecule has 0 saturated heterocycles. The molecule has 2 rings (SSSR count). The molecule has 5 heteroatoms. The molecular weight excluding hydrogens is 264 g/mol. The highest BCUT2D eigenvalue weighted by molar-refractivity contribution is 5.94. The van der Waals surface area contributed by atoms with Gasteiger partial charge in [0.15, 0.2) is 0 Å². The minimum absolute atomic E-state index is 0.176. The Morgan fingerprint density at radius 3 is 2.29 bits per heavy atom. The molecule has 0 atom stereocenters. The van der Waals surface area contributed by atoms with E-state index in [2.05, 4.69) is 20.6 Å². The summed E-state index contributed by atoms with van der Waals surface area (Å²) in [5, 5.41) is 6.01. The Morgan fingerprint density at radius 1 is 1.10 bits per heavy atom. The molecule has 1 heterocycles. The van der Waals surface area contributed by atoms with E-state index in [1.165, 1.54) is 12.4 Å². The third-order valence-corrected chi connectivity index (χ3v) is 2.79. The maximum Gasteiger partial charge on any atom is 0.254 e. The molecule has 2 N–H and O–H groups in total. The molecule has 0 spiro atoms. The summed E-state index contributed by atoms with van der Waals surface area (Å²) >= 11 is 0. The van der Waals surface area contributed by atoms with E-state index in [4.69, 9.17) is 0 Å². The molecule has 110 valence electrons. The van der Waals surface area contributed by atoms with Crippen molar-refractivity contribution < 1.29 is 4.79 Å². The predicted octanol–water partition coefficient (Wildman–Crippen LogP) is 3.06. The second-order valence-corrected chi connectivity index (χ2v) is 5.94. The zero-order chi connectivity index (χ0) is 15.5. The average molecular weight is 284 g/mol. The minimum atomic E-state index is -0.283. The van der Waals surface area contributed by atoms with Crippen LogP contribution in [0.25, 0.3) is 0 Å². The number of aromatic nitrogens is 2. The molecule has 1 aromatic carbocycles. The number of amides is 1. The van der Waals surface area contributed by atoms with Gasteiger partial charge in [-0.3, -0.25) is 4.79 Å². The largest absolute Gasteiger partial charge is 0.347 e. The smallest absolute Gasteiger partial charge is 0.254 e. The Morgan fingerprint density at radius 2 is 1.71 bits per heavy atom. The van der Waals surface area contributed by atoms with Crippen molar-refractivity contribution in [2.75, 3.05) is 5.32 Å². The van der Waals surface area contributed by atoms with Gasteiger partial charge in [-0.1, -0.05) is 18.2 Å². The van der Waals surface area contributed by atoms with Crippen molar-refractivity contribution in [3.05, 3.63) is 47.8 Å².